The number of hydrogen-bond donors (Lipinski definition) is 3. The number of nitrogens with zero attached hydrogens (tertiary/aromatic N) is 1. The van der Waals surface area contributed by atoms with Gasteiger partial charge >= 0.3 is 24.3 Å². The molecule has 3 N–H and O–H groups in total. The number of alkyl halides is 6. The summed E-state index contributed by atoms with van der Waals surface area (Å²) in [5.41, 5.74) is 3.24. The molecule has 0 atom stereocenters. The number of aliphatic carboxylic acids is 2. The van der Waals surface area contributed by atoms with Crippen molar-refractivity contribution < 1.29 is 50.9 Å². The van der Waals surface area contributed by atoms with E-state index in [1.165, 1.54) is 10.8 Å². The molecule has 0 bridgehead atoms. The van der Waals surface area contributed by atoms with Gasteiger partial charge in [-0.1, -0.05) is 48.5 Å². The first-order valence-electron chi connectivity index (χ1n) is 9.72. The standard InChI is InChI=1S/C18H16N2O.2C2HF3O2/c1-2-6-15-13(4-1)5-3-7-16(15)17-9-8-14-12-19-10-11-21-18(14)20-17;2*3-2(4,5)1(6)7/h1-9,19H,10-12H2;2*(H,6,7). The van der Waals surface area contributed by atoms with Crippen LogP contribution in [-0.2, 0) is 16.1 Å². The molecule has 3 aromatic rings. The number of halogens is 6. The van der Waals surface area contributed by atoms with Gasteiger partial charge in [0.05, 0.1) is 5.69 Å². The maximum atomic E-state index is 10.6. The van der Waals surface area contributed by atoms with Crippen molar-refractivity contribution in [2.75, 3.05) is 13.2 Å². The zero-order valence-corrected chi connectivity index (χ0v) is 17.7. The predicted molar refractivity (Wildman–Crippen MR) is 112 cm³/mol. The Labute approximate surface area is 194 Å². The quantitative estimate of drug-likeness (QED) is 0.414. The van der Waals surface area contributed by atoms with E-state index in [9.17, 15) is 26.3 Å². The number of rotatable bonds is 1. The van der Waals surface area contributed by atoms with Gasteiger partial charge in [-0.2, -0.15) is 26.3 Å². The van der Waals surface area contributed by atoms with Crippen molar-refractivity contribution in [1.29, 1.82) is 0 Å². The lowest BCUT2D eigenvalue weighted by molar-refractivity contribution is -0.193. The molecular weight excluding hydrogens is 486 g/mol. The molecule has 13 heteroatoms. The van der Waals surface area contributed by atoms with E-state index in [1.807, 2.05) is 0 Å². The average molecular weight is 504 g/mol. The third-order valence-corrected chi connectivity index (χ3v) is 4.32. The van der Waals surface area contributed by atoms with Crippen LogP contribution in [0.25, 0.3) is 22.0 Å². The number of carboxylic acid groups (broad SMARTS) is 2. The summed E-state index contributed by atoms with van der Waals surface area (Å²) in [5, 5.41) is 20.0. The van der Waals surface area contributed by atoms with Crippen LogP contribution in [0.2, 0.25) is 0 Å². The van der Waals surface area contributed by atoms with Gasteiger partial charge in [-0.15, -0.1) is 0 Å². The molecule has 35 heavy (non-hydrogen) atoms. The van der Waals surface area contributed by atoms with E-state index in [1.54, 1.807) is 0 Å². The first kappa shape index (κ1) is 27.4. The van der Waals surface area contributed by atoms with Gasteiger partial charge in [0, 0.05) is 24.2 Å². The molecule has 1 aliphatic rings. The van der Waals surface area contributed by atoms with Gasteiger partial charge < -0.3 is 20.3 Å². The molecule has 0 saturated carbocycles. The highest BCUT2D eigenvalue weighted by atomic mass is 19.4. The summed E-state index contributed by atoms with van der Waals surface area (Å²) >= 11 is 0. The lowest BCUT2D eigenvalue weighted by Crippen LogP contribution is -2.21. The molecule has 1 aromatic heterocycles. The normalized spacial score (nSPS) is 13.1. The van der Waals surface area contributed by atoms with Crippen molar-refractivity contribution in [3.8, 4) is 17.1 Å². The van der Waals surface area contributed by atoms with Gasteiger partial charge in [0.25, 0.3) is 0 Å². The molecule has 0 spiro atoms. The molecule has 0 aliphatic carbocycles. The van der Waals surface area contributed by atoms with E-state index in [-0.39, 0.29) is 0 Å². The van der Waals surface area contributed by atoms with E-state index in [0.717, 1.165) is 35.8 Å². The maximum absolute atomic E-state index is 10.6. The number of carboxylic acids is 2. The van der Waals surface area contributed by atoms with Crippen molar-refractivity contribution in [2.24, 2.45) is 0 Å². The summed E-state index contributed by atoms with van der Waals surface area (Å²) in [4.78, 5) is 22.5. The third-order valence-electron chi connectivity index (χ3n) is 4.32. The molecule has 7 nitrogen and oxygen atoms in total. The molecule has 0 fully saturated rings. The number of nitrogens with one attached hydrogen (secondary N) is 1. The minimum absolute atomic E-state index is 0.666. The summed E-state index contributed by atoms with van der Waals surface area (Å²) < 4.78 is 69.2. The molecule has 0 radical (unpaired) electrons. The highest BCUT2D eigenvalue weighted by Gasteiger charge is 2.38. The van der Waals surface area contributed by atoms with Gasteiger partial charge in [0.2, 0.25) is 5.88 Å². The molecule has 0 unspecified atom stereocenters. The molecule has 2 heterocycles. The van der Waals surface area contributed by atoms with Gasteiger partial charge in [0.1, 0.15) is 6.61 Å². The van der Waals surface area contributed by atoms with E-state index in [4.69, 9.17) is 29.5 Å². The Morgan fingerprint density at radius 1 is 0.857 bits per heavy atom. The molecule has 0 amide bonds. The lowest BCUT2D eigenvalue weighted by atomic mass is 10.0. The van der Waals surface area contributed by atoms with Crippen LogP contribution in [0.3, 0.4) is 0 Å². The Morgan fingerprint density at radius 2 is 1.43 bits per heavy atom. The molecule has 1 aliphatic heterocycles. The first-order valence-corrected chi connectivity index (χ1v) is 9.72. The second-order valence-corrected chi connectivity index (χ2v) is 6.82. The van der Waals surface area contributed by atoms with Crippen LogP contribution in [0.15, 0.2) is 54.6 Å². The van der Waals surface area contributed by atoms with Crippen molar-refractivity contribution in [2.45, 2.75) is 18.9 Å². The number of hydrogen-bond acceptors (Lipinski definition) is 5. The van der Waals surface area contributed by atoms with E-state index < -0.39 is 24.3 Å². The Morgan fingerprint density at radius 3 is 2.03 bits per heavy atom. The fourth-order valence-electron chi connectivity index (χ4n) is 2.77. The summed E-state index contributed by atoms with van der Waals surface area (Å²) in [6.07, 6.45) is -10.2. The molecule has 0 saturated heterocycles. The number of fused-ring (bicyclic) bond motifs is 2. The highest BCUT2D eigenvalue weighted by Crippen LogP contribution is 2.30. The lowest BCUT2D eigenvalue weighted by Gasteiger charge is -2.10. The Balaban J connectivity index is 0.000000257. The topological polar surface area (TPSA) is 109 Å². The first-order chi connectivity index (χ1) is 16.3. The van der Waals surface area contributed by atoms with E-state index in [2.05, 4.69) is 59.9 Å². The fraction of sp³-hybridized carbons (Fsp3) is 0.227. The summed E-state index contributed by atoms with van der Waals surface area (Å²) in [5.74, 6) is -4.76. The SMILES string of the molecule is O=C(O)C(F)(F)F.O=C(O)C(F)(F)F.c1ccc2c(-c3ccc4c(n3)OCCNC4)cccc2c1. The van der Waals surface area contributed by atoms with Gasteiger partial charge in [-0.05, 0) is 16.8 Å². The van der Waals surface area contributed by atoms with Crippen LogP contribution in [0.4, 0.5) is 26.3 Å². The fourth-order valence-corrected chi connectivity index (χ4v) is 2.77. The van der Waals surface area contributed by atoms with Crippen molar-refractivity contribution in [3.63, 3.8) is 0 Å². The zero-order valence-electron chi connectivity index (χ0n) is 17.7. The Kier molecular flexibility index (Phi) is 9.00. The predicted octanol–water partition coefficient (Wildman–Crippen LogP) is 4.65. The molecule has 4 rings (SSSR count). The Hall–Kier alpha value is -3.87. The van der Waals surface area contributed by atoms with Crippen LogP contribution in [0.5, 0.6) is 5.88 Å². The van der Waals surface area contributed by atoms with Crippen molar-refractivity contribution in [1.82, 2.24) is 10.3 Å². The summed E-state index contributed by atoms with van der Waals surface area (Å²) in [6, 6.07) is 18.9. The van der Waals surface area contributed by atoms with E-state index >= 15 is 0 Å². The van der Waals surface area contributed by atoms with Crippen LogP contribution >= 0.6 is 0 Å². The number of ether oxygens (including phenoxy) is 1. The smallest absolute Gasteiger partial charge is 0.476 e. The minimum atomic E-state index is -5.08. The van der Waals surface area contributed by atoms with Gasteiger partial charge in [0.15, 0.2) is 0 Å². The summed E-state index contributed by atoms with van der Waals surface area (Å²) in [7, 11) is 0. The molecule has 2 aromatic carbocycles. The Bertz CT molecular complexity index is 1150. The van der Waals surface area contributed by atoms with Crippen LogP contribution in [0, 0.1) is 0 Å². The van der Waals surface area contributed by atoms with Gasteiger partial charge in [-0.25, -0.2) is 14.6 Å². The molecule has 188 valence electrons. The minimum Gasteiger partial charge on any atom is -0.476 e. The number of carbonyl (C=O) groups is 2. The third kappa shape index (κ3) is 8.14. The molecular formula is C22H18F6N2O5. The number of benzene rings is 2. The van der Waals surface area contributed by atoms with Crippen LogP contribution in [0.1, 0.15) is 5.56 Å². The zero-order chi connectivity index (χ0) is 26.2. The van der Waals surface area contributed by atoms with Gasteiger partial charge in [-0.3, -0.25) is 0 Å². The summed E-state index contributed by atoms with van der Waals surface area (Å²) in [6.45, 7) is 2.34. The monoisotopic (exact) mass is 504 g/mol. The van der Waals surface area contributed by atoms with Crippen molar-refractivity contribution in [3.05, 3.63) is 60.2 Å². The second-order valence-electron chi connectivity index (χ2n) is 6.82. The maximum Gasteiger partial charge on any atom is 0.490 e. The highest BCUT2D eigenvalue weighted by molar-refractivity contribution is 5.95. The largest absolute Gasteiger partial charge is 0.490 e. The van der Waals surface area contributed by atoms with Crippen LogP contribution < -0.4 is 10.1 Å². The number of pyridine rings is 1. The van der Waals surface area contributed by atoms with Crippen LogP contribution in [-0.4, -0.2) is 52.6 Å². The average Bonchev–Trinajstić information content (AvgIpc) is 3.03. The number of aromatic nitrogens is 1. The second kappa shape index (κ2) is 11.5. The van der Waals surface area contributed by atoms with Crippen molar-refractivity contribution >= 4 is 22.7 Å². The van der Waals surface area contributed by atoms with E-state index in [0.29, 0.717) is 6.61 Å².